The van der Waals surface area contributed by atoms with Gasteiger partial charge in [0.25, 0.3) is 0 Å². The number of rotatable bonds is 3. The first kappa shape index (κ1) is 12.3. The van der Waals surface area contributed by atoms with E-state index in [-0.39, 0.29) is 6.61 Å². The van der Waals surface area contributed by atoms with Gasteiger partial charge in [-0.1, -0.05) is 36.4 Å². The lowest BCUT2D eigenvalue weighted by Crippen LogP contribution is -2.39. The van der Waals surface area contributed by atoms with Gasteiger partial charge in [-0.05, 0) is 37.1 Å². The Balaban J connectivity index is 2.14. The molecule has 0 spiro atoms. The van der Waals surface area contributed by atoms with Gasteiger partial charge in [0.05, 0.1) is 12.2 Å². The molecular formula is C14H19NO2. The van der Waals surface area contributed by atoms with Gasteiger partial charge < -0.3 is 15.5 Å². The summed E-state index contributed by atoms with van der Waals surface area (Å²) in [5.41, 5.74) is 1.35. The van der Waals surface area contributed by atoms with Gasteiger partial charge in [-0.15, -0.1) is 0 Å². The summed E-state index contributed by atoms with van der Waals surface area (Å²) in [5.74, 6) is 0. The molecular weight excluding hydrogens is 214 g/mol. The number of aliphatic hydroxyl groups excluding tert-OH is 1. The Morgan fingerprint density at radius 2 is 1.82 bits per heavy atom. The molecule has 3 N–H and O–H groups in total. The molecule has 17 heavy (non-hydrogen) atoms. The third-order valence-corrected chi connectivity index (χ3v) is 3.29. The van der Waals surface area contributed by atoms with Crippen LogP contribution in [0.15, 0.2) is 30.3 Å². The summed E-state index contributed by atoms with van der Waals surface area (Å²) in [6, 6.07) is 7.90. The van der Waals surface area contributed by atoms with E-state index in [1.807, 2.05) is 30.3 Å². The highest BCUT2D eigenvalue weighted by Gasteiger charge is 2.30. The summed E-state index contributed by atoms with van der Waals surface area (Å²) in [7, 11) is 0. The molecule has 2 rings (SSSR count). The molecule has 0 amide bonds. The monoisotopic (exact) mass is 233 g/mol. The van der Waals surface area contributed by atoms with Crippen molar-refractivity contribution in [3.63, 3.8) is 0 Å². The molecule has 0 bridgehead atoms. The minimum absolute atomic E-state index is 0.0529. The number of hydrogen-bond donors (Lipinski definition) is 3. The first-order valence-corrected chi connectivity index (χ1v) is 6.06. The van der Waals surface area contributed by atoms with Crippen molar-refractivity contribution in [3.05, 3.63) is 41.5 Å². The minimum Gasteiger partial charge on any atom is -0.392 e. The molecule has 0 unspecified atom stereocenters. The Hall–Kier alpha value is -1.16. The van der Waals surface area contributed by atoms with Crippen LogP contribution in [0, 0.1) is 0 Å². The molecule has 1 heterocycles. The largest absolute Gasteiger partial charge is 0.392 e. The second-order valence-corrected chi connectivity index (χ2v) is 4.49. The molecule has 1 saturated heterocycles. The Bertz CT molecular complexity index is 378. The van der Waals surface area contributed by atoms with E-state index in [0.29, 0.717) is 0 Å². The van der Waals surface area contributed by atoms with Crippen molar-refractivity contribution in [3.8, 4) is 0 Å². The molecule has 92 valence electrons. The zero-order chi connectivity index (χ0) is 12.1. The van der Waals surface area contributed by atoms with E-state index in [2.05, 4.69) is 5.32 Å². The molecule has 1 aliphatic heterocycles. The van der Waals surface area contributed by atoms with Gasteiger partial charge in [0.1, 0.15) is 0 Å². The maximum absolute atomic E-state index is 10.5. The summed E-state index contributed by atoms with van der Waals surface area (Å²) >= 11 is 0. The molecule has 0 radical (unpaired) electrons. The predicted molar refractivity (Wildman–Crippen MR) is 68.6 cm³/mol. The summed E-state index contributed by atoms with van der Waals surface area (Å²) < 4.78 is 0. The fourth-order valence-electron chi connectivity index (χ4n) is 2.22. The van der Waals surface area contributed by atoms with E-state index in [0.717, 1.165) is 37.1 Å². The first-order valence-electron chi connectivity index (χ1n) is 6.06. The number of nitrogens with one attached hydrogen (secondary N) is 1. The van der Waals surface area contributed by atoms with Crippen molar-refractivity contribution in [2.24, 2.45) is 0 Å². The number of hydrogen-bond acceptors (Lipinski definition) is 3. The fourth-order valence-corrected chi connectivity index (χ4v) is 2.22. The van der Waals surface area contributed by atoms with Crippen LogP contribution < -0.4 is 5.32 Å². The second-order valence-electron chi connectivity index (χ2n) is 4.49. The van der Waals surface area contributed by atoms with Crippen LogP contribution in [0.4, 0.5) is 0 Å². The first-order chi connectivity index (χ1) is 8.24. The van der Waals surface area contributed by atoms with Crippen molar-refractivity contribution in [2.75, 3.05) is 19.7 Å². The minimum atomic E-state index is -0.676. The zero-order valence-corrected chi connectivity index (χ0v) is 9.89. The van der Waals surface area contributed by atoms with Crippen molar-refractivity contribution in [1.82, 2.24) is 5.32 Å². The Morgan fingerprint density at radius 3 is 2.41 bits per heavy atom. The summed E-state index contributed by atoms with van der Waals surface area (Å²) in [6.45, 7) is 1.78. The van der Waals surface area contributed by atoms with Crippen molar-refractivity contribution in [1.29, 1.82) is 0 Å². The average molecular weight is 233 g/mol. The summed E-state index contributed by atoms with van der Waals surface area (Å²) in [4.78, 5) is 0. The van der Waals surface area contributed by atoms with Crippen LogP contribution in [0.5, 0.6) is 0 Å². The zero-order valence-electron chi connectivity index (χ0n) is 9.89. The van der Waals surface area contributed by atoms with Gasteiger partial charge in [-0.25, -0.2) is 0 Å². The van der Waals surface area contributed by atoms with Crippen molar-refractivity contribution in [2.45, 2.75) is 18.4 Å². The van der Waals surface area contributed by atoms with Gasteiger partial charge in [-0.2, -0.15) is 0 Å². The molecule has 0 saturated carbocycles. The molecule has 0 atom stereocenters. The normalized spacial score (nSPS) is 19.6. The highest BCUT2D eigenvalue weighted by atomic mass is 16.3. The topological polar surface area (TPSA) is 52.5 Å². The van der Waals surface area contributed by atoms with Gasteiger partial charge in [0.15, 0.2) is 0 Å². The predicted octanol–water partition coefficient (Wildman–Crippen LogP) is 1.26. The summed E-state index contributed by atoms with van der Waals surface area (Å²) in [5, 5.41) is 22.5. The van der Waals surface area contributed by atoms with E-state index in [4.69, 9.17) is 5.11 Å². The standard InChI is InChI=1S/C14H19NO2/c16-11-1-2-12-3-5-13(6-4-12)14(17)7-9-15-10-8-14/h1-6,15-17H,7-11H2. The van der Waals surface area contributed by atoms with Crippen molar-refractivity contribution >= 4 is 6.08 Å². The van der Waals surface area contributed by atoms with E-state index in [1.54, 1.807) is 6.08 Å². The smallest absolute Gasteiger partial charge is 0.0920 e. The van der Waals surface area contributed by atoms with E-state index in [1.165, 1.54) is 0 Å². The van der Waals surface area contributed by atoms with E-state index >= 15 is 0 Å². The molecule has 3 nitrogen and oxygen atoms in total. The molecule has 1 fully saturated rings. The summed E-state index contributed by atoms with van der Waals surface area (Å²) in [6.07, 6.45) is 5.10. The third kappa shape index (κ3) is 2.94. The maximum atomic E-state index is 10.5. The van der Waals surface area contributed by atoms with Gasteiger partial charge in [-0.3, -0.25) is 0 Å². The number of piperidine rings is 1. The van der Waals surface area contributed by atoms with Crippen LogP contribution in [0.1, 0.15) is 24.0 Å². The molecule has 3 heteroatoms. The Kier molecular flexibility index (Phi) is 3.94. The van der Waals surface area contributed by atoms with Gasteiger partial charge in [0.2, 0.25) is 0 Å². The third-order valence-electron chi connectivity index (χ3n) is 3.29. The van der Waals surface area contributed by atoms with E-state index < -0.39 is 5.60 Å². The van der Waals surface area contributed by atoms with E-state index in [9.17, 15) is 5.11 Å². The lowest BCUT2D eigenvalue weighted by atomic mass is 9.85. The van der Waals surface area contributed by atoms with Crippen LogP contribution in [0.25, 0.3) is 6.08 Å². The molecule has 1 aromatic rings. The molecule has 1 aromatic carbocycles. The van der Waals surface area contributed by atoms with Crippen LogP contribution >= 0.6 is 0 Å². The Morgan fingerprint density at radius 1 is 1.18 bits per heavy atom. The second kappa shape index (κ2) is 5.45. The Labute approximate surface area is 102 Å². The highest BCUT2D eigenvalue weighted by molar-refractivity contribution is 5.50. The van der Waals surface area contributed by atoms with Crippen LogP contribution in [0.2, 0.25) is 0 Å². The van der Waals surface area contributed by atoms with Crippen LogP contribution in [-0.4, -0.2) is 29.9 Å². The van der Waals surface area contributed by atoms with Crippen molar-refractivity contribution < 1.29 is 10.2 Å². The lowest BCUT2D eigenvalue weighted by Gasteiger charge is -2.33. The number of aliphatic hydroxyl groups is 2. The lowest BCUT2D eigenvalue weighted by molar-refractivity contribution is 0.00594. The molecule has 0 aromatic heterocycles. The number of benzene rings is 1. The van der Waals surface area contributed by atoms with Crippen LogP contribution in [-0.2, 0) is 5.60 Å². The van der Waals surface area contributed by atoms with Gasteiger partial charge >= 0.3 is 0 Å². The van der Waals surface area contributed by atoms with Crippen LogP contribution in [0.3, 0.4) is 0 Å². The average Bonchev–Trinajstić information content (AvgIpc) is 2.38. The molecule has 0 aliphatic carbocycles. The highest BCUT2D eigenvalue weighted by Crippen LogP contribution is 2.30. The van der Waals surface area contributed by atoms with Gasteiger partial charge in [0, 0.05) is 0 Å². The maximum Gasteiger partial charge on any atom is 0.0920 e. The fraction of sp³-hybridized carbons (Fsp3) is 0.429. The quantitative estimate of drug-likeness (QED) is 0.737. The molecule has 1 aliphatic rings. The SMILES string of the molecule is OCC=Cc1ccc(C2(O)CCNCC2)cc1.